The SMILES string of the molecule is COc1cc(N(C2CC2)C2CCN(Cc3cc(Br)cs3)C2)ncn1. The highest BCUT2D eigenvalue weighted by atomic mass is 79.9. The minimum Gasteiger partial charge on any atom is -0.481 e. The van der Waals surface area contributed by atoms with Gasteiger partial charge in [0.1, 0.15) is 12.1 Å². The monoisotopic (exact) mass is 408 g/mol. The fourth-order valence-corrected chi connectivity index (χ4v) is 4.94. The third kappa shape index (κ3) is 3.58. The van der Waals surface area contributed by atoms with Crippen molar-refractivity contribution in [2.45, 2.75) is 37.9 Å². The van der Waals surface area contributed by atoms with Gasteiger partial charge in [0.2, 0.25) is 5.88 Å². The zero-order chi connectivity index (χ0) is 16.5. The molecule has 2 aromatic heterocycles. The van der Waals surface area contributed by atoms with Crippen LogP contribution in [0, 0.1) is 0 Å². The van der Waals surface area contributed by atoms with Gasteiger partial charge in [0.05, 0.1) is 7.11 Å². The van der Waals surface area contributed by atoms with Crippen LogP contribution in [-0.4, -0.2) is 47.2 Å². The quantitative estimate of drug-likeness (QED) is 0.730. The predicted molar refractivity (Wildman–Crippen MR) is 99.8 cm³/mol. The molecular formula is C17H21BrN4OS. The fraction of sp³-hybridized carbons (Fsp3) is 0.529. The maximum Gasteiger partial charge on any atom is 0.218 e. The Balaban J connectivity index is 1.46. The number of anilines is 1. The molecule has 0 amide bonds. The topological polar surface area (TPSA) is 41.5 Å². The number of nitrogens with zero attached hydrogens (tertiary/aromatic N) is 4. The number of aromatic nitrogens is 2. The van der Waals surface area contributed by atoms with Gasteiger partial charge in [0.25, 0.3) is 0 Å². The molecule has 0 bridgehead atoms. The van der Waals surface area contributed by atoms with Gasteiger partial charge >= 0.3 is 0 Å². The van der Waals surface area contributed by atoms with Crippen LogP contribution in [0.4, 0.5) is 5.82 Å². The summed E-state index contributed by atoms with van der Waals surface area (Å²) in [4.78, 5) is 15.1. The van der Waals surface area contributed by atoms with Crippen LogP contribution in [0.25, 0.3) is 0 Å². The minimum absolute atomic E-state index is 0.528. The van der Waals surface area contributed by atoms with Crippen LogP contribution in [0.15, 0.2) is 28.3 Å². The van der Waals surface area contributed by atoms with Crippen molar-refractivity contribution in [3.8, 4) is 5.88 Å². The molecular weight excluding hydrogens is 388 g/mol. The van der Waals surface area contributed by atoms with E-state index < -0.39 is 0 Å². The lowest BCUT2D eigenvalue weighted by molar-refractivity contribution is 0.327. The van der Waals surface area contributed by atoms with Gasteiger partial charge in [0, 0.05) is 52.5 Å². The Morgan fingerprint density at radius 2 is 2.17 bits per heavy atom. The molecule has 5 nitrogen and oxygen atoms in total. The molecule has 0 aromatic carbocycles. The van der Waals surface area contributed by atoms with E-state index in [-0.39, 0.29) is 0 Å². The van der Waals surface area contributed by atoms with Crippen molar-refractivity contribution in [1.29, 1.82) is 0 Å². The number of hydrogen-bond acceptors (Lipinski definition) is 6. The third-order valence-electron chi connectivity index (χ3n) is 4.68. The number of rotatable bonds is 6. The molecule has 1 saturated heterocycles. The van der Waals surface area contributed by atoms with Crippen molar-refractivity contribution in [1.82, 2.24) is 14.9 Å². The lowest BCUT2D eigenvalue weighted by Gasteiger charge is -2.30. The Morgan fingerprint density at radius 3 is 2.88 bits per heavy atom. The van der Waals surface area contributed by atoms with Gasteiger partial charge in [-0.3, -0.25) is 4.90 Å². The Morgan fingerprint density at radius 1 is 1.29 bits per heavy atom. The van der Waals surface area contributed by atoms with E-state index in [2.05, 4.69) is 47.1 Å². The third-order valence-corrected chi connectivity index (χ3v) is 6.37. The molecule has 3 heterocycles. The summed E-state index contributed by atoms with van der Waals surface area (Å²) in [5.41, 5.74) is 0. The van der Waals surface area contributed by atoms with Crippen molar-refractivity contribution in [3.05, 3.63) is 33.2 Å². The number of thiophene rings is 1. The lowest BCUT2D eigenvalue weighted by Crippen LogP contribution is -2.39. The second-order valence-corrected chi connectivity index (χ2v) is 8.38. The zero-order valence-electron chi connectivity index (χ0n) is 13.7. The van der Waals surface area contributed by atoms with Crippen LogP contribution in [0.1, 0.15) is 24.1 Å². The highest BCUT2D eigenvalue weighted by Gasteiger charge is 2.38. The van der Waals surface area contributed by atoms with E-state index in [0.29, 0.717) is 18.0 Å². The summed E-state index contributed by atoms with van der Waals surface area (Å²) in [6.07, 6.45) is 5.33. The largest absolute Gasteiger partial charge is 0.481 e. The van der Waals surface area contributed by atoms with Gasteiger partial charge in [-0.25, -0.2) is 9.97 Å². The number of likely N-dealkylation sites (tertiary alicyclic amines) is 1. The molecule has 1 atom stereocenters. The maximum absolute atomic E-state index is 5.28. The first-order valence-corrected chi connectivity index (χ1v) is 10.00. The van der Waals surface area contributed by atoms with E-state index in [4.69, 9.17) is 4.74 Å². The summed E-state index contributed by atoms with van der Waals surface area (Å²) in [6, 6.07) is 5.36. The molecule has 2 aromatic rings. The minimum atomic E-state index is 0.528. The van der Waals surface area contributed by atoms with Crippen molar-refractivity contribution in [3.63, 3.8) is 0 Å². The highest BCUT2D eigenvalue weighted by molar-refractivity contribution is 9.10. The second kappa shape index (κ2) is 6.98. The lowest BCUT2D eigenvalue weighted by atomic mass is 10.2. The van der Waals surface area contributed by atoms with Gasteiger partial charge in [-0.15, -0.1) is 11.3 Å². The molecule has 1 aliphatic heterocycles. The molecule has 7 heteroatoms. The van der Waals surface area contributed by atoms with Crippen LogP contribution in [0.3, 0.4) is 0 Å². The molecule has 2 aliphatic rings. The summed E-state index contributed by atoms with van der Waals surface area (Å²) in [5.74, 6) is 1.65. The molecule has 0 N–H and O–H groups in total. The smallest absolute Gasteiger partial charge is 0.218 e. The van der Waals surface area contributed by atoms with Crippen molar-refractivity contribution >= 4 is 33.1 Å². The first-order valence-electron chi connectivity index (χ1n) is 8.32. The van der Waals surface area contributed by atoms with Crippen LogP contribution < -0.4 is 9.64 Å². The predicted octanol–water partition coefficient (Wildman–Crippen LogP) is 3.55. The van der Waals surface area contributed by atoms with E-state index in [1.54, 1.807) is 13.4 Å². The molecule has 0 radical (unpaired) electrons. The summed E-state index contributed by atoms with van der Waals surface area (Å²) in [7, 11) is 1.66. The zero-order valence-corrected chi connectivity index (χ0v) is 16.1. The summed E-state index contributed by atoms with van der Waals surface area (Å²) in [6.45, 7) is 3.28. The van der Waals surface area contributed by atoms with Crippen LogP contribution in [0.5, 0.6) is 5.88 Å². The Labute approximate surface area is 154 Å². The average Bonchev–Trinajstić information content (AvgIpc) is 3.18. The molecule has 1 unspecified atom stereocenters. The Kier molecular flexibility index (Phi) is 4.74. The summed E-state index contributed by atoms with van der Waals surface area (Å²) >= 11 is 5.37. The second-order valence-electron chi connectivity index (χ2n) is 6.47. The number of halogens is 1. The van der Waals surface area contributed by atoms with Gasteiger partial charge in [-0.2, -0.15) is 0 Å². The van der Waals surface area contributed by atoms with E-state index >= 15 is 0 Å². The van der Waals surface area contributed by atoms with Crippen molar-refractivity contribution in [2.75, 3.05) is 25.1 Å². The van der Waals surface area contributed by atoms with Crippen molar-refractivity contribution in [2.24, 2.45) is 0 Å². The van der Waals surface area contributed by atoms with Crippen LogP contribution in [0.2, 0.25) is 0 Å². The summed E-state index contributed by atoms with van der Waals surface area (Å²) in [5, 5.41) is 2.16. The van der Waals surface area contributed by atoms with Gasteiger partial charge < -0.3 is 9.64 Å². The normalized spacial score (nSPS) is 21.2. The Bertz CT molecular complexity index is 705. The molecule has 1 saturated carbocycles. The van der Waals surface area contributed by atoms with E-state index in [1.165, 1.54) is 28.6 Å². The van der Waals surface area contributed by atoms with Crippen LogP contribution >= 0.6 is 27.3 Å². The number of hydrogen-bond donors (Lipinski definition) is 0. The van der Waals surface area contributed by atoms with E-state index in [1.807, 2.05) is 17.4 Å². The molecule has 1 aliphatic carbocycles. The van der Waals surface area contributed by atoms with E-state index in [0.717, 1.165) is 25.5 Å². The maximum atomic E-state index is 5.28. The molecule has 0 spiro atoms. The molecule has 128 valence electrons. The molecule has 2 fully saturated rings. The number of ether oxygens (including phenoxy) is 1. The van der Waals surface area contributed by atoms with Gasteiger partial charge in [-0.1, -0.05) is 0 Å². The fourth-order valence-electron chi connectivity index (χ4n) is 3.45. The van der Waals surface area contributed by atoms with Crippen molar-refractivity contribution < 1.29 is 4.74 Å². The first-order chi connectivity index (χ1) is 11.7. The number of methoxy groups -OCH3 is 1. The Hall–Kier alpha value is -1.18. The van der Waals surface area contributed by atoms with E-state index in [9.17, 15) is 0 Å². The molecule has 4 rings (SSSR count). The average molecular weight is 409 g/mol. The highest BCUT2D eigenvalue weighted by Crippen LogP contribution is 2.36. The molecule has 24 heavy (non-hydrogen) atoms. The van der Waals surface area contributed by atoms with Gasteiger partial charge in [0.15, 0.2) is 0 Å². The van der Waals surface area contributed by atoms with Crippen LogP contribution in [-0.2, 0) is 6.54 Å². The van der Waals surface area contributed by atoms with Gasteiger partial charge in [-0.05, 0) is 41.3 Å². The summed E-state index contributed by atoms with van der Waals surface area (Å²) < 4.78 is 6.47. The standard InChI is InChI=1S/C17H21BrN4OS/c1-23-17-7-16(19-11-20-17)22(13-2-3-13)14-4-5-21(8-14)9-15-6-12(18)10-24-15/h6-7,10-11,13-14H,2-5,8-9H2,1H3. The first kappa shape index (κ1) is 16.3.